The Hall–Kier alpha value is -2.25. The van der Waals surface area contributed by atoms with Crippen LogP contribution in [0.5, 0.6) is 0 Å². The number of hydrogen-bond donors (Lipinski definition) is 0. The number of benzene rings is 3. The molecule has 0 spiro atoms. The van der Waals surface area contributed by atoms with Gasteiger partial charge in [0.05, 0.1) is 6.16 Å². The van der Waals surface area contributed by atoms with E-state index in [1.807, 2.05) is 0 Å². The third-order valence-electron chi connectivity index (χ3n) is 7.45. The summed E-state index contributed by atoms with van der Waals surface area (Å²) in [5.41, 5.74) is 4.21. The first-order valence-electron chi connectivity index (χ1n) is 13.8. The van der Waals surface area contributed by atoms with Gasteiger partial charge in [-0.15, -0.1) is 0 Å². The Kier molecular flexibility index (Phi) is 12.1. The van der Waals surface area contributed by atoms with Gasteiger partial charge in [-0.2, -0.15) is 0 Å². The average Bonchev–Trinajstić information content (AvgIpc) is 2.91. The van der Waals surface area contributed by atoms with Crippen molar-refractivity contribution in [2.24, 2.45) is 0 Å². The van der Waals surface area contributed by atoms with Gasteiger partial charge in [-0.3, -0.25) is 0 Å². The quantitative estimate of drug-likeness (QED) is 0.0886. The van der Waals surface area contributed by atoms with Gasteiger partial charge in [0.25, 0.3) is 0 Å². The topological polar surface area (TPSA) is 18.5 Å². The molecule has 0 bridgehead atoms. The van der Waals surface area contributed by atoms with Crippen molar-refractivity contribution in [1.82, 2.24) is 0 Å². The summed E-state index contributed by atoms with van der Waals surface area (Å²) in [6.07, 6.45) is 14.0. The lowest BCUT2D eigenvalue weighted by molar-refractivity contribution is -0.107. The van der Waals surface area contributed by atoms with Crippen LogP contribution < -0.4 is 15.9 Å². The minimum absolute atomic E-state index is 0.0612. The molecular formula is C34H46O2P+. The van der Waals surface area contributed by atoms with Crippen LogP contribution >= 0.6 is 7.26 Å². The number of rotatable bonds is 15. The lowest BCUT2D eigenvalue weighted by Crippen LogP contribution is -2.37. The second kappa shape index (κ2) is 15.2. The first-order chi connectivity index (χ1) is 18.0. The van der Waals surface area contributed by atoms with Crippen LogP contribution in [0.3, 0.4) is 0 Å². The summed E-state index contributed by atoms with van der Waals surface area (Å²) in [4.78, 5) is 0. The largest absolute Gasteiger partial charge is 0.356 e. The second-order valence-electron chi connectivity index (χ2n) is 10.0. The molecule has 3 aromatic carbocycles. The molecule has 198 valence electrons. The zero-order valence-electron chi connectivity index (χ0n) is 23.6. The Morgan fingerprint density at radius 3 is 1.46 bits per heavy atom. The average molecular weight is 518 g/mol. The van der Waals surface area contributed by atoms with Gasteiger partial charge < -0.3 is 9.47 Å². The van der Waals surface area contributed by atoms with Gasteiger partial charge in [-0.1, -0.05) is 73.2 Å². The maximum atomic E-state index is 5.28. The van der Waals surface area contributed by atoms with Gasteiger partial charge in [-0.05, 0) is 94.2 Å². The molecule has 0 aliphatic carbocycles. The second-order valence-corrected chi connectivity index (χ2v) is 13.6. The number of allylic oxidation sites excluding steroid dienone is 2. The van der Waals surface area contributed by atoms with Crippen LogP contribution in [0.2, 0.25) is 0 Å². The summed E-state index contributed by atoms with van der Waals surface area (Å²) >= 11 is 0. The standard InChI is InChI=1S/C34H46O2P/c1-28-20-13-16-23-31(28)37(32-24-17-14-21-29(32)2,33-25-18-15-22-30(33)3)27-19-11-9-7-6-8-10-12-26-34(35-4)36-5/h7,9,13-18,20-25,34H,6,8,10-12,19,26-27H2,1-5H3/q+1/b9-7-. The highest BCUT2D eigenvalue weighted by molar-refractivity contribution is 7.96. The summed E-state index contributed by atoms with van der Waals surface area (Å²) in [5, 5.41) is 4.61. The van der Waals surface area contributed by atoms with Crippen LogP contribution in [0, 0.1) is 20.8 Å². The Balaban J connectivity index is 1.78. The van der Waals surface area contributed by atoms with E-state index in [1.54, 1.807) is 14.2 Å². The molecule has 0 aromatic heterocycles. The lowest BCUT2D eigenvalue weighted by Gasteiger charge is -2.31. The number of ether oxygens (including phenoxy) is 2. The minimum atomic E-state index is -1.81. The highest BCUT2D eigenvalue weighted by Crippen LogP contribution is 2.58. The smallest absolute Gasteiger partial charge is 0.156 e. The van der Waals surface area contributed by atoms with E-state index in [0.29, 0.717) is 0 Å². The fourth-order valence-corrected chi connectivity index (χ4v) is 10.7. The molecule has 2 nitrogen and oxygen atoms in total. The summed E-state index contributed by atoms with van der Waals surface area (Å²) in [6.45, 7) is 6.88. The van der Waals surface area contributed by atoms with Crippen molar-refractivity contribution < 1.29 is 9.47 Å². The van der Waals surface area contributed by atoms with Crippen molar-refractivity contribution in [2.75, 3.05) is 20.4 Å². The van der Waals surface area contributed by atoms with E-state index in [-0.39, 0.29) is 6.29 Å². The van der Waals surface area contributed by atoms with E-state index in [4.69, 9.17) is 9.47 Å². The number of aryl methyl sites for hydroxylation is 3. The van der Waals surface area contributed by atoms with E-state index in [0.717, 1.165) is 25.7 Å². The van der Waals surface area contributed by atoms with Crippen molar-refractivity contribution in [3.8, 4) is 0 Å². The van der Waals surface area contributed by atoms with Crippen LogP contribution in [0.1, 0.15) is 61.6 Å². The lowest BCUT2D eigenvalue weighted by atomic mass is 10.1. The molecule has 37 heavy (non-hydrogen) atoms. The zero-order valence-corrected chi connectivity index (χ0v) is 24.5. The van der Waals surface area contributed by atoms with Crippen molar-refractivity contribution in [3.63, 3.8) is 0 Å². The predicted molar refractivity (Wildman–Crippen MR) is 163 cm³/mol. The predicted octanol–water partition coefficient (Wildman–Crippen LogP) is 7.81. The maximum absolute atomic E-state index is 5.28. The van der Waals surface area contributed by atoms with Crippen molar-refractivity contribution in [3.05, 3.63) is 102 Å². The SMILES string of the molecule is COC(CCCCC/C=C\CCC[P+](c1ccccc1C)(c1ccccc1C)c1ccccc1C)OC. The minimum Gasteiger partial charge on any atom is -0.356 e. The molecule has 0 radical (unpaired) electrons. The molecule has 3 heteroatoms. The third-order valence-corrected chi connectivity index (χ3v) is 12.4. The van der Waals surface area contributed by atoms with Crippen LogP contribution in [0.15, 0.2) is 84.9 Å². The van der Waals surface area contributed by atoms with Gasteiger partial charge in [0, 0.05) is 14.2 Å². The Morgan fingerprint density at radius 2 is 1.03 bits per heavy atom. The molecule has 0 unspecified atom stereocenters. The van der Waals surface area contributed by atoms with E-state index in [9.17, 15) is 0 Å². The molecule has 0 aliphatic rings. The van der Waals surface area contributed by atoms with Gasteiger partial charge in [0.2, 0.25) is 0 Å². The zero-order chi connectivity index (χ0) is 26.5. The molecule has 0 heterocycles. The van der Waals surface area contributed by atoms with Crippen LogP contribution in [0.4, 0.5) is 0 Å². The van der Waals surface area contributed by atoms with Crippen molar-refractivity contribution in [2.45, 2.75) is 72.0 Å². The fourth-order valence-electron chi connectivity index (χ4n) is 5.49. The summed E-state index contributed by atoms with van der Waals surface area (Å²) in [6, 6.07) is 27.3. The summed E-state index contributed by atoms with van der Waals surface area (Å²) in [7, 11) is 1.62. The van der Waals surface area contributed by atoms with Gasteiger partial charge in [0.1, 0.15) is 23.2 Å². The molecule has 3 aromatic rings. The number of hydrogen-bond acceptors (Lipinski definition) is 2. The Labute approximate surface area is 226 Å². The van der Waals surface area contributed by atoms with Crippen LogP contribution in [-0.2, 0) is 9.47 Å². The first-order valence-corrected chi connectivity index (χ1v) is 15.8. The Bertz CT molecular complexity index is 1010. The number of unbranched alkanes of at least 4 members (excludes halogenated alkanes) is 4. The number of methoxy groups -OCH3 is 2. The molecule has 0 fully saturated rings. The van der Waals surface area contributed by atoms with Gasteiger partial charge >= 0.3 is 0 Å². The molecule has 0 N–H and O–H groups in total. The highest BCUT2D eigenvalue weighted by Gasteiger charge is 2.47. The fraction of sp³-hybridized carbons (Fsp3) is 0.412. The van der Waals surface area contributed by atoms with E-state index < -0.39 is 7.26 Å². The highest BCUT2D eigenvalue weighted by atomic mass is 31.2. The van der Waals surface area contributed by atoms with E-state index in [1.165, 1.54) is 58.0 Å². The molecule has 0 aliphatic heterocycles. The summed E-state index contributed by atoms with van der Waals surface area (Å²) in [5.74, 6) is 0. The first kappa shape index (κ1) is 29.3. The molecule has 0 saturated carbocycles. The third kappa shape index (κ3) is 7.64. The van der Waals surface area contributed by atoms with E-state index in [2.05, 4.69) is 106 Å². The molecule has 3 rings (SSSR count). The molecule has 0 saturated heterocycles. The van der Waals surface area contributed by atoms with Gasteiger partial charge in [0.15, 0.2) is 6.29 Å². The monoisotopic (exact) mass is 517 g/mol. The summed E-state index contributed by atoms with van der Waals surface area (Å²) < 4.78 is 10.6. The maximum Gasteiger partial charge on any atom is 0.156 e. The van der Waals surface area contributed by atoms with Crippen LogP contribution in [-0.4, -0.2) is 26.7 Å². The van der Waals surface area contributed by atoms with E-state index >= 15 is 0 Å². The van der Waals surface area contributed by atoms with Crippen LogP contribution in [0.25, 0.3) is 0 Å². The Morgan fingerprint density at radius 1 is 0.595 bits per heavy atom. The molecule has 0 amide bonds. The molecule has 0 atom stereocenters. The van der Waals surface area contributed by atoms with Crippen molar-refractivity contribution >= 4 is 23.2 Å². The normalized spacial score (nSPS) is 12.1. The van der Waals surface area contributed by atoms with Crippen molar-refractivity contribution in [1.29, 1.82) is 0 Å². The molecular weight excluding hydrogens is 471 g/mol. The van der Waals surface area contributed by atoms with Gasteiger partial charge in [-0.25, -0.2) is 0 Å².